The quantitative estimate of drug-likeness (QED) is 0.512. The van der Waals surface area contributed by atoms with Gasteiger partial charge in [-0.05, 0) is 0 Å². The zero-order valence-corrected chi connectivity index (χ0v) is 7.34. The molecule has 1 atom stereocenters. The molecule has 14 heavy (non-hydrogen) atoms. The summed E-state index contributed by atoms with van der Waals surface area (Å²) in [5.74, 6) is 0.558. The maximum absolute atomic E-state index is 10.5. The summed E-state index contributed by atoms with van der Waals surface area (Å²) in [7, 11) is 0. The average Bonchev–Trinajstić information content (AvgIpc) is 2.16. The number of fused-ring (bicyclic) bond motifs is 1. The molecular weight excluding hydrogens is 186 g/mol. The summed E-state index contributed by atoms with van der Waals surface area (Å²) in [6.45, 7) is 0.0884. The first-order valence-corrected chi connectivity index (χ1v) is 4.17. The number of anilines is 1. The molecule has 0 spiro atoms. The fraction of sp³-hybridized carbons (Fsp3) is 0.375. The van der Waals surface area contributed by atoms with Gasteiger partial charge < -0.3 is 10.5 Å². The Balaban J connectivity index is 2.27. The van der Waals surface area contributed by atoms with Crippen LogP contribution in [-0.4, -0.2) is 22.6 Å². The number of pyridine rings is 1. The Labute approximate surface area is 79.8 Å². The van der Waals surface area contributed by atoms with Crippen molar-refractivity contribution in [2.45, 2.75) is 12.5 Å². The standard InChI is InChI=1S/C8H9N3O3/c9-5-1-8-7(10-3-5)2-6(4-14-8)11(12)13/h1,3,6H,2,4,9H2. The number of hydrogen-bond acceptors (Lipinski definition) is 5. The first-order valence-electron chi connectivity index (χ1n) is 4.17. The van der Waals surface area contributed by atoms with Crippen molar-refractivity contribution in [3.63, 3.8) is 0 Å². The lowest BCUT2D eigenvalue weighted by molar-refractivity contribution is -0.525. The molecule has 1 aromatic heterocycles. The lowest BCUT2D eigenvalue weighted by Crippen LogP contribution is -2.33. The van der Waals surface area contributed by atoms with Gasteiger partial charge in [-0.15, -0.1) is 0 Å². The molecule has 2 heterocycles. The van der Waals surface area contributed by atoms with E-state index >= 15 is 0 Å². The maximum Gasteiger partial charge on any atom is 0.252 e. The molecule has 6 heteroatoms. The summed E-state index contributed by atoms with van der Waals surface area (Å²) in [5, 5.41) is 10.5. The summed E-state index contributed by atoms with van der Waals surface area (Å²) in [4.78, 5) is 14.2. The first-order chi connectivity index (χ1) is 6.66. The van der Waals surface area contributed by atoms with Crippen molar-refractivity contribution in [2.75, 3.05) is 12.3 Å². The molecule has 1 aromatic rings. The number of nitrogens with zero attached hydrogens (tertiary/aromatic N) is 2. The molecule has 2 rings (SSSR count). The van der Waals surface area contributed by atoms with Crippen LogP contribution in [0, 0.1) is 10.1 Å². The van der Waals surface area contributed by atoms with Gasteiger partial charge in [-0.2, -0.15) is 0 Å². The van der Waals surface area contributed by atoms with Crippen LogP contribution in [0.1, 0.15) is 5.69 Å². The molecule has 6 nitrogen and oxygen atoms in total. The fourth-order valence-corrected chi connectivity index (χ4v) is 1.37. The van der Waals surface area contributed by atoms with E-state index in [1.807, 2.05) is 0 Å². The number of nitrogens with two attached hydrogens (primary N) is 1. The molecule has 1 aliphatic heterocycles. The number of nitrogen functional groups attached to an aromatic ring is 1. The normalized spacial score (nSPS) is 19.6. The van der Waals surface area contributed by atoms with E-state index in [0.717, 1.165) is 0 Å². The Kier molecular flexibility index (Phi) is 1.95. The minimum Gasteiger partial charge on any atom is -0.484 e. The van der Waals surface area contributed by atoms with Gasteiger partial charge in [0.2, 0.25) is 0 Å². The van der Waals surface area contributed by atoms with Gasteiger partial charge in [-0.3, -0.25) is 15.1 Å². The third-order valence-corrected chi connectivity index (χ3v) is 2.11. The molecule has 0 aliphatic carbocycles. The molecule has 0 saturated heterocycles. The summed E-state index contributed by atoms with van der Waals surface area (Å²) in [6.07, 6.45) is 1.78. The highest BCUT2D eigenvalue weighted by molar-refractivity contribution is 5.44. The van der Waals surface area contributed by atoms with E-state index in [2.05, 4.69) is 4.98 Å². The predicted octanol–water partition coefficient (Wildman–Crippen LogP) is 0.244. The highest BCUT2D eigenvalue weighted by Gasteiger charge is 2.29. The van der Waals surface area contributed by atoms with Crippen molar-refractivity contribution in [1.82, 2.24) is 4.98 Å². The molecule has 0 saturated carbocycles. The summed E-state index contributed by atoms with van der Waals surface area (Å²) < 4.78 is 5.19. The van der Waals surface area contributed by atoms with Crippen LogP contribution in [0.3, 0.4) is 0 Å². The number of aromatic nitrogens is 1. The van der Waals surface area contributed by atoms with Crippen molar-refractivity contribution in [3.8, 4) is 5.75 Å². The number of hydrogen-bond donors (Lipinski definition) is 1. The van der Waals surface area contributed by atoms with Gasteiger partial charge in [0.15, 0.2) is 6.61 Å². The van der Waals surface area contributed by atoms with Crippen molar-refractivity contribution >= 4 is 5.69 Å². The van der Waals surface area contributed by atoms with Gasteiger partial charge in [0.25, 0.3) is 6.04 Å². The van der Waals surface area contributed by atoms with E-state index in [9.17, 15) is 10.1 Å². The Hall–Kier alpha value is -1.85. The van der Waals surface area contributed by atoms with E-state index < -0.39 is 6.04 Å². The van der Waals surface area contributed by atoms with Gasteiger partial charge in [0.1, 0.15) is 5.75 Å². The molecule has 0 aromatic carbocycles. The molecule has 74 valence electrons. The highest BCUT2D eigenvalue weighted by atomic mass is 16.6. The number of nitro groups is 1. The van der Waals surface area contributed by atoms with E-state index in [1.165, 1.54) is 6.20 Å². The van der Waals surface area contributed by atoms with E-state index in [-0.39, 0.29) is 11.5 Å². The first kappa shape index (κ1) is 8.74. The summed E-state index contributed by atoms with van der Waals surface area (Å²) in [6, 6.07) is 0.942. The van der Waals surface area contributed by atoms with Crippen molar-refractivity contribution in [2.24, 2.45) is 0 Å². The van der Waals surface area contributed by atoms with Gasteiger partial charge in [-0.1, -0.05) is 0 Å². The lowest BCUT2D eigenvalue weighted by atomic mass is 10.1. The smallest absolute Gasteiger partial charge is 0.252 e. The molecule has 0 radical (unpaired) electrons. The van der Waals surface area contributed by atoms with Crippen LogP contribution in [0.4, 0.5) is 5.69 Å². The fourth-order valence-electron chi connectivity index (χ4n) is 1.37. The van der Waals surface area contributed by atoms with Crippen molar-refractivity contribution in [1.29, 1.82) is 0 Å². The lowest BCUT2D eigenvalue weighted by Gasteiger charge is -2.19. The Morgan fingerprint density at radius 1 is 1.71 bits per heavy atom. The predicted molar refractivity (Wildman–Crippen MR) is 48.6 cm³/mol. The van der Waals surface area contributed by atoms with Crippen LogP contribution < -0.4 is 10.5 Å². The van der Waals surface area contributed by atoms with Crippen LogP contribution in [0.25, 0.3) is 0 Å². The highest BCUT2D eigenvalue weighted by Crippen LogP contribution is 2.25. The second-order valence-corrected chi connectivity index (χ2v) is 3.17. The van der Waals surface area contributed by atoms with Gasteiger partial charge >= 0.3 is 0 Å². The Bertz CT molecular complexity index is 380. The molecular formula is C8H9N3O3. The third kappa shape index (κ3) is 1.46. The Morgan fingerprint density at radius 3 is 3.21 bits per heavy atom. The SMILES string of the molecule is Nc1cnc2c(c1)OCC([N+](=O)[O-])C2. The largest absolute Gasteiger partial charge is 0.484 e. The monoisotopic (exact) mass is 195 g/mol. The molecule has 1 aliphatic rings. The molecule has 1 unspecified atom stereocenters. The van der Waals surface area contributed by atoms with Crippen molar-refractivity contribution < 1.29 is 9.66 Å². The zero-order chi connectivity index (χ0) is 10.1. The van der Waals surface area contributed by atoms with Crippen LogP contribution in [0.5, 0.6) is 5.75 Å². The average molecular weight is 195 g/mol. The Morgan fingerprint density at radius 2 is 2.50 bits per heavy atom. The molecule has 2 N–H and O–H groups in total. The number of rotatable bonds is 1. The molecule has 0 bridgehead atoms. The minimum atomic E-state index is -0.696. The van der Waals surface area contributed by atoms with Gasteiger partial charge in [0.05, 0.1) is 24.0 Å². The second-order valence-electron chi connectivity index (χ2n) is 3.17. The summed E-state index contributed by atoms with van der Waals surface area (Å²) in [5.41, 5.74) is 6.61. The van der Waals surface area contributed by atoms with Crippen LogP contribution in [0.2, 0.25) is 0 Å². The maximum atomic E-state index is 10.5. The van der Waals surface area contributed by atoms with Crippen LogP contribution in [-0.2, 0) is 6.42 Å². The summed E-state index contributed by atoms with van der Waals surface area (Å²) >= 11 is 0. The third-order valence-electron chi connectivity index (χ3n) is 2.11. The second kappa shape index (κ2) is 3.13. The topological polar surface area (TPSA) is 91.3 Å². The van der Waals surface area contributed by atoms with Crippen LogP contribution >= 0.6 is 0 Å². The zero-order valence-electron chi connectivity index (χ0n) is 7.34. The van der Waals surface area contributed by atoms with Gasteiger partial charge in [-0.25, -0.2) is 0 Å². The molecule has 0 fully saturated rings. The van der Waals surface area contributed by atoms with E-state index in [0.29, 0.717) is 23.6 Å². The molecule has 0 amide bonds. The number of ether oxygens (including phenoxy) is 1. The van der Waals surface area contributed by atoms with Crippen LogP contribution in [0.15, 0.2) is 12.3 Å². The minimum absolute atomic E-state index is 0.0884. The van der Waals surface area contributed by atoms with E-state index in [1.54, 1.807) is 6.07 Å². The van der Waals surface area contributed by atoms with E-state index in [4.69, 9.17) is 10.5 Å². The van der Waals surface area contributed by atoms with Crippen molar-refractivity contribution in [3.05, 3.63) is 28.1 Å². The van der Waals surface area contributed by atoms with Gasteiger partial charge in [0, 0.05) is 11.0 Å².